The lowest BCUT2D eigenvalue weighted by atomic mass is 10.2. The molecule has 0 aliphatic carbocycles. The van der Waals surface area contributed by atoms with Crippen LogP contribution in [0.5, 0.6) is 5.75 Å². The van der Waals surface area contributed by atoms with Gasteiger partial charge in [0.15, 0.2) is 0 Å². The fourth-order valence-corrected chi connectivity index (χ4v) is 2.89. The molecule has 2 aromatic rings. The second kappa shape index (κ2) is 6.02. The van der Waals surface area contributed by atoms with Crippen molar-refractivity contribution in [1.82, 2.24) is 0 Å². The van der Waals surface area contributed by atoms with Crippen LogP contribution < -0.4 is 9.46 Å². The van der Waals surface area contributed by atoms with E-state index in [1.807, 2.05) is 0 Å². The number of hydrogen-bond donors (Lipinski definition) is 2. The van der Waals surface area contributed by atoms with Crippen LogP contribution in [-0.4, -0.2) is 26.6 Å². The minimum atomic E-state index is -4.27. The maximum absolute atomic E-state index is 13.7. The number of hydrogen-bond acceptors (Lipinski definition) is 4. The molecule has 0 bridgehead atoms. The molecule has 0 saturated heterocycles. The van der Waals surface area contributed by atoms with E-state index in [9.17, 15) is 17.6 Å². The van der Waals surface area contributed by atoms with Crippen molar-refractivity contribution >= 4 is 21.7 Å². The van der Waals surface area contributed by atoms with Gasteiger partial charge in [-0.3, -0.25) is 4.72 Å². The van der Waals surface area contributed by atoms with Crippen molar-refractivity contribution < 1.29 is 27.4 Å². The van der Waals surface area contributed by atoms with Crippen molar-refractivity contribution in [3.05, 3.63) is 53.8 Å². The third-order valence-electron chi connectivity index (χ3n) is 2.79. The minimum Gasteiger partial charge on any atom is -0.497 e. The molecule has 0 amide bonds. The summed E-state index contributed by atoms with van der Waals surface area (Å²) in [5.74, 6) is -1.97. The highest BCUT2D eigenvalue weighted by Crippen LogP contribution is 2.23. The van der Waals surface area contributed by atoms with Crippen molar-refractivity contribution in [2.45, 2.75) is 4.90 Å². The number of sulfonamides is 1. The SMILES string of the molecule is COc1cccc(NS(=O)(=O)c2cc(C(=O)O)ccc2F)c1. The van der Waals surface area contributed by atoms with E-state index in [0.717, 1.165) is 18.2 Å². The fraction of sp³-hybridized carbons (Fsp3) is 0.0714. The van der Waals surface area contributed by atoms with E-state index in [2.05, 4.69) is 4.72 Å². The van der Waals surface area contributed by atoms with Crippen LogP contribution in [-0.2, 0) is 10.0 Å². The molecule has 0 aliphatic heterocycles. The number of carboxylic acid groups (broad SMARTS) is 1. The van der Waals surface area contributed by atoms with Crippen LogP contribution in [0.4, 0.5) is 10.1 Å². The molecule has 0 unspecified atom stereocenters. The van der Waals surface area contributed by atoms with Gasteiger partial charge in [-0.25, -0.2) is 17.6 Å². The Morgan fingerprint density at radius 1 is 1.23 bits per heavy atom. The van der Waals surface area contributed by atoms with Gasteiger partial charge in [-0.15, -0.1) is 0 Å². The Kier molecular flexibility index (Phi) is 4.32. The van der Waals surface area contributed by atoms with Gasteiger partial charge in [0.1, 0.15) is 16.5 Å². The Morgan fingerprint density at radius 3 is 2.59 bits per heavy atom. The Balaban J connectivity index is 2.42. The highest BCUT2D eigenvalue weighted by atomic mass is 32.2. The molecule has 0 aromatic heterocycles. The minimum absolute atomic E-state index is 0.166. The summed E-state index contributed by atoms with van der Waals surface area (Å²) in [6.07, 6.45) is 0. The topological polar surface area (TPSA) is 92.7 Å². The average molecular weight is 325 g/mol. The quantitative estimate of drug-likeness (QED) is 0.880. The van der Waals surface area contributed by atoms with Crippen molar-refractivity contribution in [1.29, 1.82) is 0 Å². The first-order chi connectivity index (χ1) is 10.3. The van der Waals surface area contributed by atoms with Crippen LogP contribution in [0, 0.1) is 5.82 Å². The second-order valence-corrected chi connectivity index (χ2v) is 5.94. The van der Waals surface area contributed by atoms with Crippen molar-refractivity contribution in [3.8, 4) is 5.75 Å². The molecule has 116 valence electrons. The zero-order valence-corrected chi connectivity index (χ0v) is 12.2. The van der Waals surface area contributed by atoms with Crippen molar-refractivity contribution in [3.63, 3.8) is 0 Å². The molecule has 22 heavy (non-hydrogen) atoms. The smallest absolute Gasteiger partial charge is 0.335 e. The van der Waals surface area contributed by atoms with Crippen molar-refractivity contribution in [2.75, 3.05) is 11.8 Å². The van der Waals surface area contributed by atoms with E-state index in [-0.39, 0.29) is 11.3 Å². The van der Waals surface area contributed by atoms with E-state index >= 15 is 0 Å². The zero-order valence-electron chi connectivity index (χ0n) is 11.4. The summed E-state index contributed by atoms with van der Waals surface area (Å²) in [5.41, 5.74) is -0.160. The van der Waals surface area contributed by atoms with Gasteiger partial charge >= 0.3 is 5.97 Å². The first kappa shape index (κ1) is 15.8. The van der Waals surface area contributed by atoms with Crippen LogP contribution in [0.15, 0.2) is 47.4 Å². The Hall–Kier alpha value is -2.61. The van der Waals surface area contributed by atoms with E-state index < -0.39 is 26.7 Å². The molecule has 0 fully saturated rings. The highest BCUT2D eigenvalue weighted by molar-refractivity contribution is 7.92. The Bertz CT molecular complexity index is 820. The number of halogens is 1. The number of aromatic carboxylic acids is 1. The number of rotatable bonds is 5. The highest BCUT2D eigenvalue weighted by Gasteiger charge is 2.21. The van der Waals surface area contributed by atoms with E-state index in [1.165, 1.54) is 19.2 Å². The fourth-order valence-electron chi connectivity index (χ4n) is 1.74. The molecule has 0 radical (unpaired) electrons. The van der Waals surface area contributed by atoms with Crippen molar-refractivity contribution in [2.24, 2.45) is 0 Å². The van der Waals surface area contributed by atoms with Crippen LogP contribution in [0.2, 0.25) is 0 Å². The lowest BCUT2D eigenvalue weighted by Crippen LogP contribution is -2.15. The summed E-state index contributed by atoms with van der Waals surface area (Å²) < 4.78 is 45.3. The monoisotopic (exact) mass is 325 g/mol. The van der Waals surface area contributed by atoms with Gasteiger partial charge in [-0.2, -0.15) is 0 Å². The molecular weight excluding hydrogens is 313 g/mol. The second-order valence-electron chi connectivity index (χ2n) is 4.29. The maximum Gasteiger partial charge on any atom is 0.335 e. The van der Waals surface area contributed by atoms with E-state index in [4.69, 9.17) is 9.84 Å². The third kappa shape index (κ3) is 3.34. The van der Waals surface area contributed by atoms with Gasteiger partial charge in [-0.05, 0) is 30.3 Å². The largest absolute Gasteiger partial charge is 0.497 e. The van der Waals surface area contributed by atoms with Crippen LogP contribution in [0.3, 0.4) is 0 Å². The molecule has 0 heterocycles. The molecular formula is C14H12FNO5S. The van der Waals surface area contributed by atoms with Gasteiger partial charge in [-0.1, -0.05) is 6.07 Å². The van der Waals surface area contributed by atoms with Crippen LogP contribution in [0.25, 0.3) is 0 Å². The van der Waals surface area contributed by atoms with Crippen LogP contribution >= 0.6 is 0 Å². The first-order valence-corrected chi connectivity index (χ1v) is 7.51. The predicted octanol–water partition coefficient (Wildman–Crippen LogP) is 2.33. The summed E-state index contributed by atoms with van der Waals surface area (Å²) in [4.78, 5) is 10.1. The Labute approximate surface area is 126 Å². The molecule has 6 nitrogen and oxygen atoms in total. The molecule has 2 aromatic carbocycles. The summed E-state index contributed by atoms with van der Waals surface area (Å²) in [5, 5.41) is 8.87. The molecule has 0 aliphatic rings. The molecule has 0 saturated carbocycles. The predicted molar refractivity (Wildman–Crippen MR) is 77.2 cm³/mol. The number of carboxylic acids is 1. The number of methoxy groups -OCH3 is 1. The van der Waals surface area contributed by atoms with Gasteiger partial charge in [0.25, 0.3) is 10.0 Å². The summed E-state index contributed by atoms with van der Waals surface area (Å²) in [6.45, 7) is 0. The van der Waals surface area contributed by atoms with E-state index in [1.54, 1.807) is 12.1 Å². The third-order valence-corrected chi connectivity index (χ3v) is 4.19. The summed E-state index contributed by atoms with van der Waals surface area (Å²) in [7, 11) is -2.85. The molecule has 2 rings (SSSR count). The lowest BCUT2D eigenvalue weighted by molar-refractivity contribution is 0.0696. The number of carbonyl (C=O) groups is 1. The molecule has 2 N–H and O–H groups in total. The summed E-state index contributed by atoms with van der Waals surface area (Å²) >= 11 is 0. The molecule has 8 heteroatoms. The average Bonchev–Trinajstić information content (AvgIpc) is 2.47. The Morgan fingerprint density at radius 2 is 1.95 bits per heavy atom. The normalized spacial score (nSPS) is 11.0. The number of nitrogens with one attached hydrogen (secondary N) is 1. The van der Waals surface area contributed by atoms with E-state index in [0.29, 0.717) is 5.75 Å². The van der Waals surface area contributed by atoms with Gasteiger partial charge in [0.2, 0.25) is 0 Å². The number of ether oxygens (including phenoxy) is 1. The number of anilines is 1. The van der Waals surface area contributed by atoms with Gasteiger partial charge in [0, 0.05) is 6.07 Å². The van der Waals surface area contributed by atoms with Gasteiger partial charge in [0.05, 0.1) is 18.4 Å². The standard InChI is InChI=1S/C14H12FNO5S/c1-21-11-4-2-3-10(8-11)16-22(19,20)13-7-9(14(17)18)5-6-12(13)15/h2-8,16H,1H3,(H,17,18). The molecule has 0 atom stereocenters. The summed E-state index contributed by atoms with van der Waals surface area (Å²) in [6, 6.07) is 8.59. The lowest BCUT2D eigenvalue weighted by Gasteiger charge is -2.10. The first-order valence-electron chi connectivity index (χ1n) is 6.03. The van der Waals surface area contributed by atoms with Crippen LogP contribution in [0.1, 0.15) is 10.4 Å². The molecule has 0 spiro atoms. The maximum atomic E-state index is 13.7. The zero-order chi connectivity index (χ0) is 16.3. The van der Waals surface area contributed by atoms with Gasteiger partial charge < -0.3 is 9.84 Å². The number of benzene rings is 2.